The van der Waals surface area contributed by atoms with E-state index < -0.39 is 0 Å². The third-order valence-electron chi connectivity index (χ3n) is 6.87. The number of likely N-dealkylation sites (tertiary alicyclic amines) is 1. The summed E-state index contributed by atoms with van der Waals surface area (Å²) in [5, 5.41) is 0. The van der Waals surface area contributed by atoms with E-state index in [0.717, 1.165) is 64.0 Å². The van der Waals surface area contributed by atoms with Gasteiger partial charge >= 0.3 is 0 Å². The van der Waals surface area contributed by atoms with E-state index >= 15 is 0 Å². The van der Waals surface area contributed by atoms with Gasteiger partial charge in [0.1, 0.15) is 5.75 Å². The van der Waals surface area contributed by atoms with Gasteiger partial charge in [0.05, 0.1) is 17.6 Å². The summed E-state index contributed by atoms with van der Waals surface area (Å²) < 4.78 is 6.05. The van der Waals surface area contributed by atoms with E-state index in [1.54, 1.807) is 0 Å². The number of aryl methyl sites for hydroxylation is 1. The zero-order valence-electron chi connectivity index (χ0n) is 16.5. The summed E-state index contributed by atoms with van der Waals surface area (Å²) in [6.45, 7) is 5.83. The zero-order valence-corrected chi connectivity index (χ0v) is 16.5. The largest absolute Gasteiger partial charge is 0.480 e. The van der Waals surface area contributed by atoms with Crippen molar-refractivity contribution in [2.24, 2.45) is 0 Å². The second kappa shape index (κ2) is 6.92. The number of nitrogens with zero attached hydrogens (tertiary/aromatic N) is 3. The fraction of sp³-hybridized carbons (Fsp3) is 0.545. The molecule has 0 bridgehead atoms. The van der Waals surface area contributed by atoms with E-state index in [2.05, 4.69) is 22.9 Å². The van der Waals surface area contributed by atoms with E-state index in [4.69, 9.17) is 9.72 Å². The first-order valence-electron chi connectivity index (χ1n) is 10.5. The molecule has 1 saturated heterocycles. The molecule has 0 saturated carbocycles. The Morgan fingerprint density at radius 2 is 2.07 bits per heavy atom. The maximum absolute atomic E-state index is 13.1. The van der Waals surface area contributed by atoms with Gasteiger partial charge in [-0.25, -0.2) is 4.98 Å². The first-order chi connectivity index (χ1) is 13.7. The Kier molecular flexibility index (Phi) is 4.38. The number of likely N-dealkylation sites (N-methyl/N-ethyl adjacent to an activating group) is 1. The van der Waals surface area contributed by atoms with Crippen LogP contribution in [-0.4, -0.2) is 58.0 Å². The highest BCUT2D eigenvalue weighted by atomic mass is 16.5. The molecule has 3 aliphatic heterocycles. The van der Waals surface area contributed by atoms with Gasteiger partial charge in [-0.3, -0.25) is 9.69 Å². The molecule has 2 aromatic rings. The first-order valence-corrected chi connectivity index (χ1v) is 10.5. The Bertz CT molecular complexity index is 869. The number of nitrogens with one attached hydrogen (secondary N) is 1. The highest BCUT2D eigenvalue weighted by molar-refractivity contribution is 5.81. The lowest BCUT2D eigenvalue weighted by atomic mass is 9.78. The molecule has 1 fully saturated rings. The van der Waals surface area contributed by atoms with Crippen molar-refractivity contribution >= 4 is 5.91 Å². The number of para-hydroxylation sites is 1. The van der Waals surface area contributed by atoms with Gasteiger partial charge in [-0.1, -0.05) is 25.1 Å². The van der Waals surface area contributed by atoms with Crippen molar-refractivity contribution in [3.63, 3.8) is 0 Å². The number of fused-ring (bicyclic) bond motifs is 3. The molecule has 1 N–H and O–H groups in total. The molecule has 28 heavy (non-hydrogen) atoms. The van der Waals surface area contributed by atoms with Gasteiger partial charge < -0.3 is 14.6 Å². The number of benzene rings is 1. The second-order valence-corrected chi connectivity index (χ2v) is 8.17. The molecule has 4 heterocycles. The van der Waals surface area contributed by atoms with Crippen LogP contribution >= 0.6 is 0 Å². The lowest BCUT2D eigenvalue weighted by Crippen LogP contribution is -2.58. The Balaban J connectivity index is 1.31. The molecule has 6 nitrogen and oxygen atoms in total. The smallest absolute Gasteiger partial charge is 0.263 e. The van der Waals surface area contributed by atoms with Gasteiger partial charge in [-0.15, -0.1) is 0 Å². The summed E-state index contributed by atoms with van der Waals surface area (Å²) in [7, 11) is 0. The molecular weight excluding hydrogens is 352 g/mol. The lowest BCUT2D eigenvalue weighted by Gasteiger charge is -2.50. The lowest BCUT2D eigenvalue weighted by molar-refractivity contribution is -0.142. The first kappa shape index (κ1) is 17.7. The summed E-state index contributed by atoms with van der Waals surface area (Å²) in [6.07, 6.45) is 6.06. The van der Waals surface area contributed by atoms with E-state index in [1.807, 2.05) is 29.4 Å². The molecule has 1 aromatic carbocycles. The monoisotopic (exact) mass is 380 g/mol. The van der Waals surface area contributed by atoms with Gasteiger partial charge in [0.25, 0.3) is 5.91 Å². The van der Waals surface area contributed by atoms with Crippen LogP contribution in [0, 0.1) is 0 Å². The van der Waals surface area contributed by atoms with Gasteiger partial charge in [-0.2, -0.15) is 0 Å². The molecular formula is C22H28N4O2. The second-order valence-electron chi connectivity index (χ2n) is 8.17. The molecule has 1 amide bonds. The average Bonchev–Trinajstić information content (AvgIpc) is 3.24. The molecule has 1 atom stereocenters. The van der Waals surface area contributed by atoms with Crippen LogP contribution < -0.4 is 4.74 Å². The fourth-order valence-corrected chi connectivity index (χ4v) is 5.34. The van der Waals surface area contributed by atoms with Crippen LogP contribution in [0.15, 0.2) is 30.6 Å². The number of hydrogen-bond acceptors (Lipinski definition) is 4. The number of aromatic nitrogens is 2. The highest BCUT2D eigenvalue weighted by Gasteiger charge is 2.47. The van der Waals surface area contributed by atoms with Crippen LogP contribution in [0.3, 0.4) is 0 Å². The Morgan fingerprint density at radius 1 is 1.25 bits per heavy atom. The van der Waals surface area contributed by atoms with Crippen LogP contribution in [0.25, 0.3) is 0 Å². The predicted octanol–water partition coefficient (Wildman–Crippen LogP) is 2.50. The molecule has 5 rings (SSSR count). The van der Waals surface area contributed by atoms with Crippen molar-refractivity contribution in [2.45, 2.75) is 50.7 Å². The number of carbonyl (C=O) groups is 1. The van der Waals surface area contributed by atoms with Crippen LogP contribution in [0.4, 0.5) is 0 Å². The minimum Gasteiger partial charge on any atom is -0.480 e. The zero-order chi connectivity index (χ0) is 19.1. The molecule has 1 spiro atoms. The quantitative estimate of drug-likeness (QED) is 0.870. The summed E-state index contributed by atoms with van der Waals surface area (Å²) >= 11 is 0. The summed E-state index contributed by atoms with van der Waals surface area (Å²) in [5.41, 5.74) is 3.65. The van der Waals surface area contributed by atoms with E-state index in [1.165, 1.54) is 17.0 Å². The maximum Gasteiger partial charge on any atom is 0.263 e. The summed E-state index contributed by atoms with van der Waals surface area (Å²) in [6, 6.07) is 8.06. The van der Waals surface area contributed by atoms with Gasteiger partial charge in [-0.05, 0) is 43.9 Å². The molecule has 6 heteroatoms. The Hall–Kier alpha value is -2.34. The predicted molar refractivity (Wildman–Crippen MR) is 106 cm³/mol. The number of hydrogen-bond donors (Lipinski definition) is 1. The van der Waals surface area contributed by atoms with E-state index in [-0.39, 0.29) is 17.6 Å². The fourth-order valence-electron chi connectivity index (χ4n) is 5.34. The topological polar surface area (TPSA) is 61.5 Å². The minimum atomic E-state index is -0.349. The number of aromatic amines is 1. The standard InChI is InChI=1S/C22H28N4O2/c1-2-26-12-9-17-20(24-15-23-17)22(26)10-13-25(14-11-22)21(27)19-8-7-16-5-3-4-6-18(16)28-19/h3-6,15,19H,2,7-14H2,1H3,(H,23,24). The van der Waals surface area contributed by atoms with Crippen molar-refractivity contribution in [3.05, 3.63) is 47.5 Å². The number of carbonyl (C=O) groups excluding carboxylic acids is 1. The van der Waals surface area contributed by atoms with Crippen LogP contribution in [-0.2, 0) is 23.2 Å². The van der Waals surface area contributed by atoms with E-state index in [9.17, 15) is 4.79 Å². The number of ether oxygens (including phenoxy) is 1. The van der Waals surface area contributed by atoms with Crippen molar-refractivity contribution in [1.82, 2.24) is 19.8 Å². The third kappa shape index (κ3) is 2.73. The minimum absolute atomic E-state index is 0.0286. The molecule has 1 unspecified atom stereocenters. The van der Waals surface area contributed by atoms with Crippen LogP contribution in [0.1, 0.15) is 43.1 Å². The Morgan fingerprint density at radius 3 is 2.89 bits per heavy atom. The van der Waals surface area contributed by atoms with Gasteiger partial charge in [0.15, 0.2) is 6.10 Å². The summed E-state index contributed by atoms with van der Waals surface area (Å²) in [5.74, 6) is 1.01. The van der Waals surface area contributed by atoms with Crippen molar-refractivity contribution < 1.29 is 9.53 Å². The maximum atomic E-state index is 13.1. The average molecular weight is 380 g/mol. The number of rotatable bonds is 2. The van der Waals surface area contributed by atoms with Gasteiger partial charge in [0.2, 0.25) is 0 Å². The SMILES string of the molecule is CCN1CCc2[nH]cnc2C12CCN(C(=O)C1CCc3ccccc3O1)CC2. The van der Waals surface area contributed by atoms with Crippen molar-refractivity contribution in [3.8, 4) is 5.75 Å². The molecule has 0 radical (unpaired) electrons. The number of imidazole rings is 1. The van der Waals surface area contributed by atoms with Gasteiger partial charge in [0, 0.05) is 31.7 Å². The normalized spacial score (nSPS) is 23.8. The number of H-pyrrole nitrogens is 1. The van der Waals surface area contributed by atoms with Crippen molar-refractivity contribution in [2.75, 3.05) is 26.2 Å². The Labute approximate surface area is 165 Å². The molecule has 3 aliphatic rings. The third-order valence-corrected chi connectivity index (χ3v) is 6.87. The summed E-state index contributed by atoms with van der Waals surface area (Å²) in [4.78, 5) is 25.7. The van der Waals surface area contributed by atoms with E-state index in [0.29, 0.717) is 0 Å². The van der Waals surface area contributed by atoms with Crippen LogP contribution in [0.5, 0.6) is 5.75 Å². The molecule has 1 aromatic heterocycles. The van der Waals surface area contributed by atoms with Crippen LogP contribution in [0.2, 0.25) is 0 Å². The van der Waals surface area contributed by atoms with Crippen molar-refractivity contribution in [1.29, 1.82) is 0 Å². The number of amides is 1. The molecule has 148 valence electrons. The highest BCUT2D eigenvalue weighted by Crippen LogP contribution is 2.42. The molecule has 0 aliphatic carbocycles. The number of piperidine rings is 1.